The van der Waals surface area contributed by atoms with Crippen LogP contribution in [-0.2, 0) is 32.9 Å². The van der Waals surface area contributed by atoms with Crippen LogP contribution in [-0.4, -0.2) is 35.7 Å². The minimum Gasteiger partial charge on any atom is -0.498 e. The number of furan rings is 1. The van der Waals surface area contributed by atoms with Crippen LogP contribution in [0.4, 0.5) is 0 Å². The number of para-hydroxylation sites is 1. The number of hydrogen-bond acceptors (Lipinski definition) is 4. The zero-order valence-corrected chi connectivity index (χ0v) is 40.4. The molecule has 0 bridgehead atoms. The van der Waals surface area contributed by atoms with Crippen LogP contribution in [0.15, 0.2) is 102 Å². The first-order chi connectivity index (χ1) is 29.7. The van der Waals surface area contributed by atoms with Crippen LogP contribution in [0.25, 0.3) is 61.2 Å². The molecule has 309 valence electrons. The largest absolute Gasteiger partial charge is 0.498 e. The number of fused-ring (bicyclic) bond motifs is 9. The SMILES string of the molecule is C[Si](C)(C)c1c[c-]c(-c2ccc([Si](C)(C)C)cn2)cc1.[2H]C([2H])([2H])c1cnc(-c2[c-]ccc3c2oc2c3ccc3nc4n(c32)-c2ccccc2CC4)cc1C1([2H])CCC(C)(C)CC1.[Ir]. The number of rotatable bonds is 5. The third kappa shape index (κ3) is 8.04. The molecule has 1 aliphatic heterocycles. The van der Waals surface area contributed by atoms with Crippen molar-refractivity contribution in [3.05, 3.63) is 132 Å². The minimum atomic E-state index is -2.36. The van der Waals surface area contributed by atoms with Gasteiger partial charge in [-0.1, -0.05) is 100 Å². The number of pyridine rings is 2. The molecule has 5 nitrogen and oxygen atoms in total. The zero-order valence-electron chi connectivity index (χ0n) is 40.0. The minimum absolute atomic E-state index is 0. The molecule has 4 aromatic carbocycles. The molecule has 0 atom stereocenters. The van der Waals surface area contributed by atoms with E-state index in [9.17, 15) is 1.37 Å². The predicted octanol–water partition coefficient (Wildman–Crippen LogP) is 12.5. The molecular weight excluding hydrogens is 945 g/mol. The van der Waals surface area contributed by atoms with Crippen molar-refractivity contribution in [1.82, 2.24) is 19.5 Å². The van der Waals surface area contributed by atoms with Gasteiger partial charge >= 0.3 is 0 Å². The van der Waals surface area contributed by atoms with Gasteiger partial charge in [0.05, 0.1) is 24.9 Å². The molecule has 4 aromatic heterocycles. The number of aromatic nitrogens is 4. The van der Waals surface area contributed by atoms with Crippen molar-refractivity contribution in [2.45, 2.75) is 104 Å². The number of nitrogens with zero attached hydrogens (tertiary/aromatic N) is 4. The van der Waals surface area contributed by atoms with Gasteiger partial charge in [0.2, 0.25) is 0 Å². The average molecular weight is 1010 g/mol. The van der Waals surface area contributed by atoms with Gasteiger partial charge in [0, 0.05) is 57.9 Å². The summed E-state index contributed by atoms with van der Waals surface area (Å²) in [7, 11) is -2.50. The standard InChI is InChI=1S/C35H32N3O.C17H24NSi2.Ir/c1-21-20-36-29(19-27(21)22-15-17-35(2,3)18-16-22)26-9-6-8-24-25-12-13-28-32(34(25)39-33(24)26)38-30-10-5-4-7-23(30)11-14-31(38)37-28;1-19(2,3)15-9-7-14(8-10-15)17-12-11-16(13-18-17)20(4,5)6;/h4-8,10,12-13,19-20,22H,11,14-18H2,1-3H3;7,9-13H,1-6H3;/q2*-1;/i1D3,22D;;. The summed E-state index contributed by atoms with van der Waals surface area (Å²) in [6.07, 6.45) is 8.27. The number of imidazole rings is 1. The van der Waals surface area contributed by atoms with E-state index in [2.05, 4.69) is 147 Å². The topological polar surface area (TPSA) is 56.7 Å². The Hall–Kier alpha value is -4.47. The predicted molar refractivity (Wildman–Crippen MR) is 252 cm³/mol. The molecule has 1 aliphatic carbocycles. The van der Waals surface area contributed by atoms with Crippen molar-refractivity contribution < 1.29 is 30.0 Å². The fourth-order valence-corrected chi connectivity index (χ4v) is 10.8. The van der Waals surface area contributed by atoms with Crippen LogP contribution in [0.1, 0.15) is 73.4 Å². The molecule has 0 N–H and O–H groups in total. The van der Waals surface area contributed by atoms with Crippen LogP contribution in [0.2, 0.25) is 39.3 Å². The Labute approximate surface area is 377 Å². The van der Waals surface area contributed by atoms with Crippen molar-refractivity contribution in [2.24, 2.45) is 5.41 Å². The van der Waals surface area contributed by atoms with E-state index in [0.717, 1.165) is 75.8 Å². The first kappa shape index (κ1) is 37.3. The van der Waals surface area contributed by atoms with Gasteiger partial charge in [-0.15, -0.1) is 53.2 Å². The Bertz CT molecular complexity index is 2950. The first-order valence-electron chi connectivity index (χ1n) is 23.1. The van der Waals surface area contributed by atoms with Gasteiger partial charge in [0.25, 0.3) is 0 Å². The van der Waals surface area contributed by atoms with E-state index in [1.54, 1.807) is 0 Å². The molecule has 8 heteroatoms. The van der Waals surface area contributed by atoms with Crippen LogP contribution in [0, 0.1) is 24.4 Å². The Balaban J connectivity index is 0.000000225. The smallest absolute Gasteiger partial charge is 0.147 e. The second-order valence-electron chi connectivity index (χ2n) is 19.3. The molecule has 1 radical (unpaired) electrons. The van der Waals surface area contributed by atoms with E-state index in [1.165, 1.54) is 22.1 Å². The molecule has 0 unspecified atom stereocenters. The Morgan fingerprint density at radius 2 is 1.53 bits per heavy atom. The monoisotopic (exact) mass is 1010 g/mol. The molecule has 10 rings (SSSR count). The summed E-state index contributed by atoms with van der Waals surface area (Å²) in [6.45, 7) is 16.2. The van der Waals surface area contributed by atoms with Crippen molar-refractivity contribution in [3.8, 4) is 28.2 Å². The van der Waals surface area contributed by atoms with E-state index >= 15 is 0 Å². The molecule has 2 aliphatic rings. The Morgan fingerprint density at radius 1 is 0.800 bits per heavy atom. The first-order valence-corrected chi connectivity index (χ1v) is 28.1. The third-order valence-electron chi connectivity index (χ3n) is 12.5. The van der Waals surface area contributed by atoms with E-state index in [1.807, 2.05) is 24.4 Å². The van der Waals surface area contributed by atoms with Crippen molar-refractivity contribution >= 4 is 59.5 Å². The fraction of sp³-hybridized carbons (Fsp3) is 0.327. The Kier molecular flexibility index (Phi) is 10.0. The number of aryl methyl sites for hydroxylation is 3. The van der Waals surface area contributed by atoms with Gasteiger partial charge in [-0.05, 0) is 102 Å². The van der Waals surface area contributed by atoms with Gasteiger partial charge in [0.15, 0.2) is 0 Å². The molecule has 1 saturated carbocycles. The van der Waals surface area contributed by atoms with Crippen LogP contribution in [0.3, 0.4) is 0 Å². The number of benzene rings is 4. The van der Waals surface area contributed by atoms with Gasteiger partial charge in [-0.25, -0.2) is 4.98 Å². The van der Waals surface area contributed by atoms with E-state index < -0.39 is 28.9 Å². The van der Waals surface area contributed by atoms with Crippen LogP contribution >= 0.6 is 0 Å². The van der Waals surface area contributed by atoms with Crippen LogP contribution < -0.4 is 10.4 Å². The average Bonchev–Trinajstić information content (AvgIpc) is 3.83. The molecule has 1 fully saturated rings. The molecule has 0 amide bonds. The van der Waals surface area contributed by atoms with Crippen LogP contribution in [0.5, 0.6) is 0 Å². The zero-order chi connectivity index (χ0) is 44.7. The molecule has 0 saturated heterocycles. The molecule has 60 heavy (non-hydrogen) atoms. The summed E-state index contributed by atoms with van der Waals surface area (Å²) in [5.74, 6) is 0.0333. The molecule has 0 spiro atoms. The summed E-state index contributed by atoms with van der Waals surface area (Å²) < 4.78 is 43.2. The van der Waals surface area contributed by atoms with Gasteiger partial charge in [-0.2, -0.15) is 0 Å². The molecule has 5 heterocycles. The molecular formula is C52H56IrN4OSi2-2. The summed E-state index contributed by atoms with van der Waals surface area (Å²) in [6, 6.07) is 35.9. The van der Waals surface area contributed by atoms with Crippen molar-refractivity contribution in [3.63, 3.8) is 0 Å². The maximum Gasteiger partial charge on any atom is 0.147 e. The van der Waals surface area contributed by atoms with E-state index in [4.69, 9.17) is 13.5 Å². The second-order valence-corrected chi connectivity index (χ2v) is 29.5. The fourth-order valence-electron chi connectivity index (χ4n) is 8.64. The quantitative estimate of drug-likeness (QED) is 0.127. The van der Waals surface area contributed by atoms with E-state index in [-0.39, 0.29) is 31.1 Å². The number of hydrogen-bond donors (Lipinski definition) is 0. The van der Waals surface area contributed by atoms with Gasteiger partial charge < -0.3 is 14.4 Å². The van der Waals surface area contributed by atoms with E-state index in [0.29, 0.717) is 35.2 Å². The summed E-state index contributed by atoms with van der Waals surface area (Å²) >= 11 is 0. The maximum absolute atomic E-state index is 9.47. The maximum atomic E-state index is 9.47. The third-order valence-corrected chi connectivity index (χ3v) is 16.5. The van der Waals surface area contributed by atoms with Gasteiger partial charge in [-0.3, -0.25) is 4.57 Å². The van der Waals surface area contributed by atoms with Gasteiger partial charge in [0.1, 0.15) is 16.9 Å². The normalized spacial score (nSPS) is 17.0. The molecule has 8 aromatic rings. The van der Waals surface area contributed by atoms with Crippen molar-refractivity contribution in [2.75, 3.05) is 0 Å². The summed E-state index contributed by atoms with van der Waals surface area (Å²) in [5, 5.41) is 4.77. The van der Waals surface area contributed by atoms with Crippen molar-refractivity contribution in [1.29, 1.82) is 0 Å². The second kappa shape index (κ2) is 16.1. The summed E-state index contributed by atoms with van der Waals surface area (Å²) in [4.78, 5) is 14.2. The Morgan fingerprint density at radius 3 is 2.23 bits per heavy atom. The summed E-state index contributed by atoms with van der Waals surface area (Å²) in [5.41, 5.74) is 9.86.